The fraction of sp³-hybridized carbons (Fsp3) is 0.0909. The molecule has 26 heavy (non-hydrogen) atoms. The normalized spacial score (nSPS) is 10.3. The Bertz CT molecular complexity index is 847. The second kappa shape index (κ2) is 8.89. The number of rotatable bonds is 6. The number of carbonyl (C=O) groups excluding carboxylic acids is 1. The molecule has 0 aliphatic carbocycles. The summed E-state index contributed by atoms with van der Waals surface area (Å²) in [5.41, 5.74) is 2.97. The number of carbonyl (C=O) groups is 1. The molecule has 0 aromatic heterocycles. The van der Waals surface area contributed by atoms with Crippen LogP contribution in [0.5, 0.6) is 0 Å². The van der Waals surface area contributed by atoms with Gasteiger partial charge in [0.1, 0.15) is 5.40 Å². The van der Waals surface area contributed by atoms with Gasteiger partial charge in [0.15, 0.2) is 0 Å². The van der Waals surface area contributed by atoms with Gasteiger partial charge in [0.05, 0.1) is 0 Å². The van der Waals surface area contributed by atoms with E-state index in [1.54, 1.807) is 0 Å². The van der Waals surface area contributed by atoms with Gasteiger partial charge in [-0.3, -0.25) is 4.79 Å². The molecule has 3 rings (SSSR count). The van der Waals surface area contributed by atoms with E-state index in [9.17, 15) is 4.79 Å². The van der Waals surface area contributed by atoms with Crippen LogP contribution in [0.3, 0.4) is 0 Å². The van der Waals surface area contributed by atoms with Crippen LogP contribution in [0.4, 0.5) is 5.69 Å². The number of nitrogens with one attached hydrogen (secondary N) is 1. The van der Waals surface area contributed by atoms with E-state index in [-0.39, 0.29) is 11.8 Å². The van der Waals surface area contributed by atoms with Crippen molar-refractivity contribution >= 4 is 23.4 Å². The number of benzene rings is 3. The zero-order chi connectivity index (χ0) is 18.2. The topological polar surface area (TPSA) is 52.9 Å². The highest BCUT2D eigenvalue weighted by Crippen LogP contribution is 2.28. The standard InChI is InChI=1S/C22H18N2OS/c23-16-26-20-13-11-19(12-14-20)24-22(25)15-21(17-7-3-1-4-8-17)18-9-5-2-6-10-18/h1-14,21H,15H2,(H,24,25). The summed E-state index contributed by atoms with van der Waals surface area (Å²) < 4.78 is 0. The van der Waals surface area contributed by atoms with Gasteiger partial charge in [-0.05, 0) is 47.2 Å². The molecule has 3 nitrogen and oxygen atoms in total. The Morgan fingerprint density at radius 2 is 1.42 bits per heavy atom. The Hall–Kier alpha value is -3.03. The molecule has 0 saturated heterocycles. The fourth-order valence-electron chi connectivity index (χ4n) is 2.86. The molecule has 0 spiro atoms. The number of nitriles is 1. The van der Waals surface area contributed by atoms with Crippen LogP contribution in [0, 0.1) is 10.7 Å². The van der Waals surface area contributed by atoms with Gasteiger partial charge in [-0.2, -0.15) is 5.26 Å². The molecule has 128 valence electrons. The van der Waals surface area contributed by atoms with E-state index in [0.29, 0.717) is 6.42 Å². The minimum atomic E-state index is -0.0385. The van der Waals surface area contributed by atoms with Crippen LogP contribution < -0.4 is 5.32 Å². The summed E-state index contributed by atoms with van der Waals surface area (Å²) in [5.74, 6) is -0.0331. The summed E-state index contributed by atoms with van der Waals surface area (Å²) in [6.45, 7) is 0. The predicted molar refractivity (Wildman–Crippen MR) is 106 cm³/mol. The van der Waals surface area contributed by atoms with Gasteiger partial charge in [0.25, 0.3) is 0 Å². The number of nitrogens with zero attached hydrogens (tertiary/aromatic N) is 1. The van der Waals surface area contributed by atoms with Crippen LogP contribution in [0.25, 0.3) is 0 Å². The highest BCUT2D eigenvalue weighted by Gasteiger charge is 2.18. The summed E-state index contributed by atoms with van der Waals surface area (Å²) in [5, 5.41) is 13.7. The van der Waals surface area contributed by atoms with E-state index in [4.69, 9.17) is 5.26 Å². The molecule has 1 amide bonds. The van der Waals surface area contributed by atoms with E-state index < -0.39 is 0 Å². The first-order valence-corrected chi connectivity index (χ1v) is 9.13. The maximum absolute atomic E-state index is 12.6. The highest BCUT2D eigenvalue weighted by molar-refractivity contribution is 8.03. The van der Waals surface area contributed by atoms with Crippen molar-refractivity contribution in [2.45, 2.75) is 17.2 Å². The molecule has 0 bridgehead atoms. The third kappa shape index (κ3) is 4.75. The molecule has 3 aromatic rings. The molecule has 0 aliphatic heterocycles. The summed E-state index contributed by atoms with van der Waals surface area (Å²) in [4.78, 5) is 13.5. The number of hydrogen-bond acceptors (Lipinski definition) is 3. The molecular weight excluding hydrogens is 340 g/mol. The average Bonchev–Trinajstić information content (AvgIpc) is 2.69. The van der Waals surface area contributed by atoms with Crippen molar-refractivity contribution in [3.63, 3.8) is 0 Å². The SMILES string of the molecule is N#CSc1ccc(NC(=O)CC(c2ccccc2)c2ccccc2)cc1. The van der Waals surface area contributed by atoms with Crippen LogP contribution in [0.2, 0.25) is 0 Å². The maximum Gasteiger partial charge on any atom is 0.225 e. The predicted octanol–water partition coefficient (Wildman–Crippen LogP) is 5.42. The summed E-state index contributed by atoms with van der Waals surface area (Å²) in [7, 11) is 0. The van der Waals surface area contributed by atoms with Gasteiger partial charge in [0.2, 0.25) is 5.91 Å². The van der Waals surface area contributed by atoms with E-state index in [1.807, 2.05) is 66.1 Å². The molecule has 0 radical (unpaired) electrons. The number of thioether (sulfide) groups is 1. The molecule has 0 aliphatic rings. The van der Waals surface area contributed by atoms with Crippen LogP contribution >= 0.6 is 11.8 Å². The number of thiocyanates is 1. The van der Waals surface area contributed by atoms with Gasteiger partial charge in [0, 0.05) is 22.9 Å². The van der Waals surface area contributed by atoms with Crippen molar-refractivity contribution < 1.29 is 4.79 Å². The van der Waals surface area contributed by atoms with Gasteiger partial charge in [-0.15, -0.1) is 0 Å². The second-order valence-electron chi connectivity index (χ2n) is 5.84. The molecule has 3 aromatic carbocycles. The van der Waals surface area contributed by atoms with Crippen LogP contribution in [-0.2, 0) is 4.79 Å². The Balaban J connectivity index is 1.74. The Morgan fingerprint density at radius 3 is 1.92 bits per heavy atom. The molecule has 0 atom stereocenters. The van der Waals surface area contributed by atoms with Crippen molar-refractivity contribution in [1.29, 1.82) is 5.26 Å². The largest absolute Gasteiger partial charge is 0.326 e. The van der Waals surface area contributed by atoms with Crippen LogP contribution in [0.1, 0.15) is 23.5 Å². The van der Waals surface area contributed by atoms with Gasteiger partial charge in [-0.25, -0.2) is 0 Å². The van der Waals surface area contributed by atoms with Gasteiger partial charge >= 0.3 is 0 Å². The van der Waals surface area contributed by atoms with E-state index in [2.05, 4.69) is 29.6 Å². The minimum absolute atomic E-state index is 0.00539. The lowest BCUT2D eigenvalue weighted by molar-refractivity contribution is -0.116. The first-order valence-electron chi connectivity index (χ1n) is 8.32. The van der Waals surface area contributed by atoms with E-state index in [1.165, 1.54) is 0 Å². The van der Waals surface area contributed by atoms with Crippen molar-refractivity contribution in [1.82, 2.24) is 0 Å². The van der Waals surface area contributed by atoms with Crippen molar-refractivity contribution in [3.05, 3.63) is 96.1 Å². The maximum atomic E-state index is 12.6. The van der Waals surface area contributed by atoms with Crippen LogP contribution in [-0.4, -0.2) is 5.91 Å². The Kier molecular flexibility index (Phi) is 6.08. The molecule has 0 saturated carbocycles. The highest BCUT2D eigenvalue weighted by atomic mass is 32.2. The van der Waals surface area contributed by atoms with E-state index in [0.717, 1.165) is 33.5 Å². The Labute approximate surface area is 157 Å². The first kappa shape index (κ1) is 17.8. The van der Waals surface area contributed by atoms with Gasteiger partial charge < -0.3 is 5.32 Å². The molecular formula is C22H18N2OS. The number of anilines is 1. The molecule has 0 fully saturated rings. The van der Waals surface area contributed by atoms with E-state index >= 15 is 0 Å². The summed E-state index contributed by atoms with van der Waals surface area (Å²) in [6, 6.07) is 27.4. The minimum Gasteiger partial charge on any atom is -0.326 e. The first-order chi connectivity index (χ1) is 12.8. The molecule has 0 heterocycles. The van der Waals surface area contributed by atoms with Crippen molar-refractivity contribution in [3.8, 4) is 5.40 Å². The lowest BCUT2D eigenvalue weighted by atomic mass is 9.88. The third-order valence-corrected chi connectivity index (χ3v) is 4.69. The Morgan fingerprint density at radius 1 is 0.885 bits per heavy atom. The zero-order valence-corrected chi connectivity index (χ0v) is 14.9. The smallest absolute Gasteiger partial charge is 0.225 e. The van der Waals surface area contributed by atoms with Crippen molar-refractivity contribution in [2.75, 3.05) is 5.32 Å². The molecule has 0 unspecified atom stereocenters. The lowest BCUT2D eigenvalue weighted by Crippen LogP contribution is -2.16. The van der Waals surface area contributed by atoms with Gasteiger partial charge in [-0.1, -0.05) is 60.7 Å². The fourth-order valence-corrected chi connectivity index (χ4v) is 3.23. The summed E-state index contributed by atoms with van der Waals surface area (Å²) in [6.07, 6.45) is 0.364. The quantitative estimate of drug-likeness (QED) is 0.473. The second-order valence-corrected chi connectivity index (χ2v) is 6.70. The third-order valence-electron chi connectivity index (χ3n) is 4.09. The molecule has 4 heteroatoms. The molecule has 1 N–H and O–H groups in total. The van der Waals surface area contributed by atoms with Crippen molar-refractivity contribution in [2.24, 2.45) is 0 Å². The van der Waals surface area contributed by atoms with Crippen LogP contribution in [0.15, 0.2) is 89.8 Å². The number of amides is 1. The number of hydrogen-bond donors (Lipinski definition) is 1. The lowest BCUT2D eigenvalue weighted by Gasteiger charge is -2.18. The monoisotopic (exact) mass is 358 g/mol. The summed E-state index contributed by atoms with van der Waals surface area (Å²) >= 11 is 1.10. The average molecular weight is 358 g/mol. The zero-order valence-electron chi connectivity index (χ0n) is 14.1.